The van der Waals surface area contributed by atoms with Gasteiger partial charge in [-0.2, -0.15) is 0 Å². The SMILES string of the molecule is O=C(/C=C/c1ccccc1)OCc1ccccc1. The fourth-order valence-electron chi connectivity index (χ4n) is 1.51. The van der Waals surface area contributed by atoms with Gasteiger partial charge in [-0.05, 0) is 17.2 Å². The van der Waals surface area contributed by atoms with E-state index in [1.807, 2.05) is 60.7 Å². The molecule has 0 atom stereocenters. The highest BCUT2D eigenvalue weighted by atomic mass is 16.5. The monoisotopic (exact) mass is 238 g/mol. The molecule has 2 heteroatoms. The van der Waals surface area contributed by atoms with E-state index in [0.717, 1.165) is 11.1 Å². The summed E-state index contributed by atoms with van der Waals surface area (Å²) >= 11 is 0. The van der Waals surface area contributed by atoms with Crippen molar-refractivity contribution in [3.8, 4) is 0 Å². The highest BCUT2D eigenvalue weighted by molar-refractivity contribution is 5.86. The smallest absolute Gasteiger partial charge is 0.331 e. The van der Waals surface area contributed by atoms with Crippen LogP contribution in [0.1, 0.15) is 11.1 Å². The van der Waals surface area contributed by atoms with Crippen LogP contribution in [0.3, 0.4) is 0 Å². The van der Waals surface area contributed by atoms with E-state index in [1.165, 1.54) is 6.08 Å². The van der Waals surface area contributed by atoms with E-state index in [0.29, 0.717) is 6.61 Å². The van der Waals surface area contributed by atoms with Crippen LogP contribution >= 0.6 is 0 Å². The lowest BCUT2D eigenvalue weighted by molar-refractivity contribution is -0.138. The van der Waals surface area contributed by atoms with Crippen LogP contribution in [0, 0.1) is 0 Å². The summed E-state index contributed by atoms with van der Waals surface area (Å²) in [6.07, 6.45) is 3.19. The summed E-state index contributed by atoms with van der Waals surface area (Å²) in [7, 11) is 0. The second-order valence-corrected chi connectivity index (χ2v) is 3.84. The standard InChI is InChI=1S/C16H14O2/c17-16(12-11-14-7-3-1-4-8-14)18-13-15-9-5-2-6-10-15/h1-12H,13H2/b12-11+. The van der Waals surface area contributed by atoms with Crippen molar-refractivity contribution in [2.75, 3.05) is 0 Å². The molecule has 0 heterocycles. The van der Waals surface area contributed by atoms with Crippen LogP contribution < -0.4 is 0 Å². The Kier molecular flexibility index (Phi) is 4.31. The van der Waals surface area contributed by atoms with E-state index in [2.05, 4.69) is 0 Å². The molecule has 2 aromatic rings. The van der Waals surface area contributed by atoms with Crippen molar-refractivity contribution in [2.24, 2.45) is 0 Å². The lowest BCUT2D eigenvalue weighted by atomic mass is 10.2. The molecule has 2 rings (SSSR count). The third-order valence-corrected chi connectivity index (χ3v) is 2.44. The molecular formula is C16H14O2. The van der Waals surface area contributed by atoms with Crippen molar-refractivity contribution in [2.45, 2.75) is 6.61 Å². The summed E-state index contributed by atoms with van der Waals surface area (Å²) in [6, 6.07) is 19.3. The lowest BCUT2D eigenvalue weighted by Crippen LogP contribution is -2.00. The fourth-order valence-corrected chi connectivity index (χ4v) is 1.51. The molecule has 0 unspecified atom stereocenters. The van der Waals surface area contributed by atoms with E-state index in [1.54, 1.807) is 6.08 Å². The first kappa shape index (κ1) is 12.1. The first-order chi connectivity index (χ1) is 8.84. The molecule has 18 heavy (non-hydrogen) atoms. The van der Waals surface area contributed by atoms with Crippen LogP contribution in [0.15, 0.2) is 66.7 Å². The van der Waals surface area contributed by atoms with Gasteiger partial charge in [-0.15, -0.1) is 0 Å². The highest BCUT2D eigenvalue weighted by Crippen LogP contribution is 2.03. The number of rotatable bonds is 4. The molecule has 0 aliphatic heterocycles. The summed E-state index contributed by atoms with van der Waals surface area (Å²) in [4.78, 5) is 11.5. The fraction of sp³-hybridized carbons (Fsp3) is 0.0625. The molecule has 2 aromatic carbocycles. The van der Waals surface area contributed by atoms with E-state index in [4.69, 9.17) is 4.74 Å². The first-order valence-corrected chi connectivity index (χ1v) is 5.78. The Bertz CT molecular complexity index is 515. The normalized spacial score (nSPS) is 10.4. The van der Waals surface area contributed by atoms with E-state index in [-0.39, 0.29) is 5.97 Å². The maximum atomic E-state index is 11.5. The van der Waals surface area contributed by atoms with Gasteiger partial charge in [0.15, 0.2) is 0 Å². The topological polar surface area (TPSA) is 26.3 Å². The zero-order valence-corrected chi connectivity index (χ0v) is 9.95. The lowest BCUT2D eigenvalue weighted by Gasteiger charge is -2.01. The number of carbonyl (C=O) groups is 1. The van der Waals surface area contributed by atoms with Crippen LogP contribution in [0.5, 0.6) is 0 Å². The molecule has 0 aliphatic rings. The molecule has 0 saturated carbocycles. The molecule has 0 bridgehead atoms. The van der Waals surface area contributed by atoms with Gasteiger partial charge in [-0.1, -0.05) is 60.7 Å². The molecule has 0 N–H and O–H groups in total. The van der Waals surface area contributed by atoms with Gasteiger partial charge in [0.05, 0.1) is 0 Å². The highest BCUT2D eigenvalue weighted by Gasteiger charge is 1.97. The Morgan fingerprint density at radius 3 is 2.22 bits per heavy atom. The minimum Gasteiger partial charge on any atom is -0.458 e. The predicted octanol–water partition coefficient (Wildman–Crippen LogP) is 3.44. The van der Waals surface area contributed by atoms with Crippen LogP contribution in [0.2, 0.25) is 0 Å². The van der Waals surface area contributed by atoms with Gasteiger partial charge < -0.3 is 4.74 Å². The largest absolute Gasteiger partial charge is 0.458 e. The van der Waals surface area contributed by atoms with Gasteiger partial charge >= 0.3 is 5.97 Å². The van der Waals surface area contributed by atoms with Crippen molar-refractivity contribution < 1.29 is 9.53 Å². The van der Waals surface area contributed by atoms with Crippen molar-refractivity contribution >= 4 is 12.0 Å². The molecular weight excluding hydrogens is 224 g/mol. The van der Waals surface area contributed by atoms with Crippen LogP contribution in [0.25, 0.3) is 6.08 Å². The van der Waals surface area contributed by atoms with Crippen LogP contribution in [0.4, 0.5) is 0 Å². The van der Waals surface area contributed by atoms with Gasteiger partial charge in [-0.3, -0.25) is 0 Å². The van der Waals surface area contributed by atoms with Crippen LogP contribution in [-0.2, 0) is 16.1 Å². The summed E-state index contributed by atoms with van der Waals surface area (Å²) < 4.78 is 5.12. The van der Waals surface area contributed by atoms with Gasteiger partial charge in [0.2, 0.25) is 0 Å². The number of hydrogen-bond donors (Lipinski definition) is 0. The van der Waals surface area contributed by atoms with Gasteiger partial charge in [0, 0.05) is 6.08 Å². The number of ether oxygens (including phenoxy) is 1. The minimum atomic E-state index is -0.331. The Balaban J connectivity index is 1.84. The average molecular weight is 238 g/mol. The molecule has 0 amide bonds. The Morgan fingerprint density at radius 2 is 1.56 bits per heavy atom. The third kappa shape index (κ3) is 3.91. The van der Waals surface area contributed by atoms with Crippen molar-refractivity contribution in [3.63, 3.8) is 0 Å². The molecule has 0 aliphatic carbocycles. The zero-order chi connectivity index (χ0) is 12.6. The van der Waals surface area contributed by atoms with Crippen LogP contribution in [-0.4, -0.2) is 5.97 Å². The van der Waals surface area contributed by atoms with E-state index in [9.17, 15) is 4.79 Å². The number of benzene rings is 2. The maximum absolute atomic E-state index is 11.5. The first-order valence-electron chi connectivity index (χ1n) is 5.78. The number of hydrogen-bond acceptors (Lipinski definition) is 2. The van der Waals surface area contributed by atoms with E-state index < -0.39 is 0 Å². The summed E-state index contributed by atoms with van der Waals surface area (Å²) in [5, 5.41) is 0. The van der Waals surface area contributed by atoms with Gasteiger partial charge in [-0.25, -0.2) is 4.79 Å². The second-order valence-electron chi connectivity index (χ2n) is 3.84. The molecule has 2 nitrogen and oxygen atoms in total. The predicted molar refractivity (Wildman–Crippen MR) is 71.7 cm³/mol. The van der Waals surface area contributed by atoms with Crippen molar-refractivity contribution in [1.82, 2.24) is 0 Å². The second kappa shape index (κ2) is 6.40. The maximum Gasteiger partial charge on any atom is 0.331 e. The Hall–Kier alpha value is -2.35. The number of carbonyl (C=O) groups excluding carboxylic acids is 1. The van der Waals surface area contributed by atoms with Gasteiger partial charge in [0.25, 0.3) is 0 Å². The summed E-state index contributed by atoms with van der Waals surface area (Å²) in [6.45, 7) is 0.304. The summed E-state index contributed by atoms with van der Waals surface area (Å²) in [5.41, 5.74) is 1.97. The Labute approximate surface area is 107 Å². The quantitative estimate of drug-likeness (QED) is 0.602. The number of esters is 1. The zero-order valence-electron chi connectivity index (χ0n) is 9.95. The minimum absolute atomic E-state index is 0.304. The molecule has 0 aromatic heterocycles. The third-order valence-electron chi connectivity index (χ3n) is 2.44. The van der Waals surface area contributed by atoms with Gasteiger partial charge in [0.1, 0.15) is 6.61 Å². The molecule has 0 fully saturated rings. The molecule has 0 spiro atoms. The Morgan fingerprint density at radius 1 is 0.944 bits per heavy atom. The average Bonchev–Trinajstić information content (AvgIpc) is 2.45. The molecule has 90 valence electrons. The summed E-state index contributed by atoms with van der Waals surface area (Å²) in [5.74, 6) is -0.331. The molecule has 0 saturated heterocycles. The van der Waals surface area contributed by atoms with Crippen molar-refractivity contribution in [1.29, 1.82) is 0 Å². The molecule has 0 radical (unpaired) electrons. The van der Waals surface area contributed by atoms with Crippen molar-refractivity contribution in [3.05, 3.63) is 77.9 Å². The van der Waals surface area contributed by atoms with E-state index >= 15 is 0 Å².